The van der Waals surface area contributed by atoms with Gasteiger partial charge in [-0.25, -0.2) is 4.98 Å². The Balaban J connectivity index is 1.86. The van der Waals surface area contributed by atoms with Gasteiger partial charge in [0.15, 0.2) is 0 Å². The molecule has 1 heterocycles. The summed E-state index contributed by atoms with van der Waals surface area (Å²) in [4.78, 5) is 4.37. The Kier molecular flexibility index (Phi) is 4.73. The number of thiazole rings is 1. The molecule has 18 heavy (non-hydrogen) atoms. The maximum Gasteiger partial charge on any atom is 0.140 e. The van der Waals surface area contributed by atoms with Crippen LogP contribution in [0.4, 0.5) is 0 Å². The molecule has 0 aliphatic heterocycles. The van der Waals surface area contributed by atoms with E-state index in [1.807, 2.05) is 24.4 Å². The summed E-state index contributed by atoms with van der Waals surface area (Å²) in [6.07, 6.45) is 0. The third-order valence-electron chi connectivity index (χ3n) is 2.53. The molecule has 0 atom stereocenters. The van der Waals surface area contributed by atoms with Crippen LogP contribution in [0.15, 0.2) is 29.6 Å². The molecule has 0 aliphatic rings. The van der Waals surface area contributed by atoms with Gasteiger partial charge in [0, 0.05) is 17.6 Å². The summed E-state index contributed by atoms with van der Waals surface area (Å²) in [5.41, 5.74) is 2.33. The zero-order valence-corrected chi connectivity index (χ0v) is 11.6. The molecule has 0 aliphatic carbocycles. The average Bonchev–Trinajstić information content (AvgIpc) is 2.81. The summed E-state index contributed by atoms with van der Waals surface area (Å²) in [5, 5.41) is 6.35. The Bertz CT molecular complexity index is 479. The lowest BCUT2D eigenvalue weighted by molar-refractivity contribution is 0.305. The van der Waals surface area contributed by atoms with Crippen LogP contribution in [0.25, 0.3) is 0 Å². The lowest BCUT2D eigenvalue weighted by atomic mass is 10.2. The highest BCUT2D eigenvalue weighted by atomic mass is 32.1. The van der Waals surface area contributed by atoms with Crippen LogP contribution in [0.1, 0.15) is 23.2 Å². The van der Waals surface area contributed by atoms with Gasteiger partial charge >= 0.3 is 0 Å². The van der Waals surface area contributed by atoms with Gasteiger partial charge in [-0.15, -0.1) is 11.3 Å². The standard InChI is InChI=1S/C14H18N2OS/c1-3-15-8-12-4-6-13(7-5-12)17-9-14-16-11(2)10-18-14/h4-7,10,15H,3,8-9H2,1-2H3. The minimum Gasteiger partial charge on any atom is -0.486 e. The van der Waals surface area contributed by atoms with Gasteiger partial charge in [0.2, 0.25) is 0 Å². The number of aryl methyl sites for hydroxylation is 1. The average molecular weight is 262 g/mol. The van der Waals surface area contributed by atoms with Crippen molar-refractivity contribution in [1.82, 2.24) is 10.3 Å². The first-order chi connectivity index (χ1) is 8.78. The summed E-state index contributed by atoms with van der Waals surface area (Å²) in [6, 6.07) is 8.19. The van der Waals surface area contributed by atoms with Crippen molar-refractivity contribution in [1.29, 1.82) is 0 Å². The summed E-state index contributed by atoms with van der Waals surface area (Å²) in [6.45, 7) is 6.54. The second kappa shape index (κ2) is 6.52. The van der Waals surface area contributed by atoms with Gasteiger partial charge in [0.25, 0.3) is 0 Å². The van der Waals surface area contributed by atoms with Crippen molar-refractivity contribution < 1.29 is 4.74 Å². The fraction of sp³-hybridized carbons (Fsp3) is 0.357. The van der Waals surface area contributed by atoms with E-state index in [9.17, 15) is 0 Å². The van der Waals surface area contributed by atoms with Crippen molar-refractivity contribution in [3.63, 3.8) is 0 Å². The second-order valence-corrected chi connectivity index (χ2v) is 5.04. The molecule has 0 unspecified atom stereocenters. The predicted octanol–water partition coefficient (Wildman–Crippen LogP) is 3.14. The topological polar surface area (TPSA) is 34.1 Å². The maximum absolute atomic E-state index is 5.69. The molecule has 2 aromatic rings. The molecule has 96 valence electrons. The minimum atomic E-state index is 0.547. The normalized spacial score (nSPS) is 10.6. The van der Waals surface area contributed by atoms with E-state index in [1.54, 1.807) is 11.3 Å². The molecule has 4 heteroatoms. The summed E-state index contributed by atoms with van der Waals surface area (Å²) >= 11 is 1.64. The number of ether oxygens (including phenoxy) is 1. The maximum atomic E-state index is 5.69. The van der Waals surface area contributed by atoms with E-state index in [2.05, 4.69) is 29.4 Å². The van der Waals surface area contributed by atoms with Crippen LogP contribution < -0.4 is 10.1 Å². The van der Waals surface area contributed by atoms with E-state index in [-0.39, 0.29) is 0 Å². The minimum absolute atomic E-state index is 0.547. The van der Waals surface area contributed by atoms with Gasteiger partial charge in [-0.1, -0.05) is 19.1 Å². The Morgan fingerprint density at radius 3 is 2.67 bits per heavy atom. The monoisotopic (exact) mass is 262 g/mol. The number of aromatic nitrogens is 1. The Morgan fingerprint density at radius 1 is 1.28 bits per heavy atom. The molecule has 0 bridgehead atoms. The van der Waals surface area contributed by atoms with E-state index in [4.69, 9.17) is 4.74 Å². The van der Waals surface area contributed by atoms with Crippen LogP contribution in [0.5, 0.6) is 5.75 Å². The highest BCUT2D eigenvalue weighted by molar-refractivity contribution is 7.09. The van der Waals surface area contributed by atoms with Crippen LogP contribution in [-0.2, 0) is 13.2 Å². The van der Waals surface area contributed by atoms with Crippen molar-refractivity contribution in [3.05, 3.63) is 45.9 Å². The number of hydrogen-bond donors (Lipinski definition) is 1. The second-order valence-electron chi connectivity index (χ2n) is 4.10. The summed E-state index contributed by atoms with van der Waals surface area (Å²) in [7, 11) is 0. The lowest BCUT2D eigenvalue weighted by Crippen LogP contribution is -2.11. The SMILES string of the molecule is CCNCc1ccc(OCc2nc(C)cs2)cc1. The van der Waals surface area contributed by atoms with Gasteiger partial charge in [-0.05, 0) is 31.2 Å². The molecule has 0 fully saturated rings. The van der Waals surface area contributed by atoms with Crippen LogP contribution in [-0.4, -0.2) is 11.5 Å². The summed E-state index contributed by atoms with van der Waals surface area (Å²) < 4.78 is 5.69. The van der Waals surface area contributed by atoms with Gasteiger partial charge in [0.1, 0.15) is 17.4 Å². The Hall–Kier alpha value is -1.39. The number of nitrogens with zero attached hydrogens (tertiary/aromatic N) is 1. The van der Waals surface area contributed by atoms with E-state index in [0.717, 1.165) is 29.5 Å². The first-order valence-electron chi connectivity index (χ1n) is 6.11. The molecular weight excluding hydrogens is 244 g/mol. The van der Waals surface area contributed by atoms with E-state index in [0.29, 0.717) is 6.61 Å². The number of nitrogens with one attached hydrogen (secondary N) is 1. The van der Waals surface area contributed by atoms with Crippen LogP contribution in [0.2, 0.25) is 0 Å². The molecule has 1 aromatic carbocycles. The number of rotatable bonds is 6. The molecule has 1 N–H and O–H groups in total. The van der Waals surface area contributed by atoms with Crippen molar-refractivity contribution in [2.24, 2.45) is 0 Å². The van der Waals surface area contributed by atoms with Crippen molar-refractivity contribution >= 4 is 11.3 Å². The van der Waals surface area contributed by atoms with Gasteiger partial charge in [-0.3, -0.25) is 0 Å². The van der Waals surface area contributed by atoms with Crippen LogP contribution in [0, 0.1) is 6.92 Å². The quantitative estimate of drug-likeness (QED) is 0.868. The first kappa shape index (κ1) is 13.1. The van der Waals surface area contributed by atoms with E-state index >= 15 is 0 Å². The largest absolute Gasteiger partial charge is 0.486 e. The number of hydrogen-bond acceptors (Lipinski definition) is 4. The summed E-state index contributed by atoms with van der Waals surface area (Å²) in [5.74, 6) is 0.892. The van der Waals surface area contributed by atoms with Crippen molar-refractivity contribution in [2.75, 3.05) is 6.54 Å². The number of benzene rings is 1. The van der Waals surface area contributed by atoms with Crippen LogP contribution >= 0.6 is 11.3 Å². The molecule has 2 rings (SSSR count). The molecule has 1 aromatic heterocycles. The van der Waals surface area contributed by atoms with Crippen molar-refractivity contribution in [2.45, 2.75) is 27.0 Å². The fourth-order valence-corrected chi connectivity index (χ4v) is 2.27. The zero-order chi connectivity index (χ0) is 12.8. The van der Waals surface area contributed by atoms with E-state index in [1.165, 1.54) is 5.56 Å². The smallest absolute Gasteiger partial charge is 0.140 e. The fourth-order valence-electron chi connectivity index (χ4n) is 1.59. The van der Waals surface area contributed by atoms with Crippen molar-refractivity contribution in [3.8, 4) is 5.75 Å². The molecule has 0 spiro atoms. The van der Waals surface area contributed by atoms with Crippen LogP contribution in [0.3, 0.4) is 0 Å². The van der Waals surface area contributed by atoms with Gasteiger partial charge in [0.05, 0.1) is 0 Å². The lowest BCUT2D eigenvalue weighted by Gasteiger charge is -2.06. The molecule has 0 amide bonds. The Morgan fingerprint density at radius 2 is 2.06 bits per heavy atom. The molecule has 0 saturated carbocycles. The van der Waals surface area contributed by atoms with Gasteiger partial charge < -0.3 is 10.1 Å². The third-order valence-corrected chi connectivity index (χ3v) is 3.47. The van der Waals surface area contributed by atoms with Gasteiger partial charge in [-0.2, -0.15) is 0 Å². The molecule has 0 radical (unpaired) electrons. The molecular formula is C14H18N2OS. The predicted molar refractivity (Wildman–Crippen MR) is 75.0 cm³/mol. The highest BCUT2D eigenvalue weighted by Crippen LogP contribution is 2.16. The van der Waals surface area contributed by atoms with E-state index < -0.39 is 0 Å². The Labute approximate surface area is 112 Å². The molecule has 0 saturated heterocycles. The first-order valence-corrected chi connectivity index (χ1v) is 6.99. The zero-order valence-electron chi connectivity index (χ0n) is 10.8. The third kappa shape index (κ3) is 3.82. The highest BCUT2D eigenvalue weighted by Gasteiger charge is 2.00. The molecule has 3 nitrogen and oxygen atoms in total.